The van der Waals surface area contributed by atoms with Gasteiger partial charge in [0.25, 0.3) is 5.69 Å². The van der Waals surface area contributed by atoms with E-state index >= 15 is 0 Å². The minimum atomic E-state index is -0.807. The Morgan fingerprint density at radius 3 is 2.71 bits per heavy atom. The normalized spacial score (nSPS) is 9.64. The van der Waals surface area contributed by atoms with Crippen LogP contribution in [0.4, 0.5) is 15.8 Å². The summed E-state index contributed by atoms with van der Waals surface area (Å²) in [5, 5.41) is 10.4. The van der Waals surface area contributed by atoms with Crippen LogP contribution in [0.2, 0.25) is 0 Å². The standard InChI is InChI=1S/C7H8FN3O3/c1-14-7-3-5(10-9)6(11(12)13)2-4(7)8/h2-3,10H,9H2,1H3. The van der Waals surface area contributed by atoms with Crippen LogP contribution < -0.4 is 16.0 Å². The molecular formula is C7H8FN3O3. The van der Waals surface area contributed by atoms with Crippen LogP contribution in [-0.2, 0) is 0 Å². The van der Waals surface area contributed by atoms with Crippen molar-refractivity contribution in [3.8, 4) is 5.75 Å². The molecule has 0 saturated heterocycles. The van der Waals surface area contributed by atoms with Crippen molar-refractivity contribution in [2.24, 2.45) is 5.84 Å². The maximum absolute atomic E-state index is 13.0. The summed E-state index contributed by atoms with van der Waals surface area (Å²) in [6, 6.07) is 1.86. The third kappa shape index (κ3) is 1.72. The number of methoxy groups -OCH3 is 1. The summed E-state index contributed by atoms with van der Waals surface area (Å²) in [5.74, 6) is 4.11. The van der Waals surface area contributed by atoms with E-state index in [0.29, 0.717) is 0 Å². The highest BCUT2D eigenvalue weighted by Gasteiger charge is 2.17. The molecule has 7 heteroatoms. The number of nitrogens with two attached hydrogens (primary N) is 1. The van der Waals surface area contributed by atoms with Gasteiger partial charge in [-0.15, -0.1) is 0 Å². The Bertz CT molecular complexity index is 369. The number of halogens is 1. The lowest BCUT2D eigenvalue weighted by atomic mass is 10.2. The molecule has 0 amide bonds. The van der Waals surface area contributed by atoms with Gasteiger partial charge in [-0.25, -0.2) is 4.39 Å². The van der Waals surface area contributed by atoms with E-state index in [1.54, 1.807) is 0 Å². The smallest absolute Gasteiger partial charge is 0.296 e. The average molecular weight is 201 g/mol. The zero-order chi connectivity index (χ0) is 10.7. The molecule has 0 atom stereocenters. The number of nitro benzene ring substituents is 1. The molecule has 1 rings (SSSR count). The molecule has 0 spiro atoms. The largest absolute Gasteiger partial charge is 0.494 e. The number of hydrogen-bond acceptors (Lipinski definition) is 5. The van der Waals surface area contributed by atoms with Crippen molar-refractivity contribution in [3.05, 3.63) is 28.1 Å². The lowest BCUT2D eigenvalue weighted by molar-refractivity contribution is -0.384. The molecule has 1 aromatic rings. The van der Waals surface area contributed by atoms with Gasteiger partial charge in [0.1, 0.15) is 5.69 Å². The Morgan fingerprint density at radius 2 is 2.29 bits per heavy atom. The zero-order valence-electron chi connectivity index (χ0n) is 7.28. The quantitative estimate of drug-likeness (QED) is 0.433. The first-order valence-corrected chi connectivity index (χ1v) is 3.58. The molecule has 0 bridgehead atoms. The highest BCUT2D eigenvalue weighted by atomic mass is 19.1. The Balaban J connectivity index is 3.31. The van der Waals surface area contributed by atoms with E-state index in [9.17, 15) is 14.5 Å². The number of nitro groups is 1. The second-order valence-corrected chi connectivity index (χ2v) is 2.41. The predicted octanol–water partition coefficient (Wildman–Crippen LogP) is 1.03. The molecule has 0 radical (unpaired) electrons. The summed E-state index contributed by atoms with van der Waals surface area (Å²) in [6.07, 6.45) is 0. The number of anilines is 1. The number of nitrogens with one attached hydrogen (secondary N) is 1. The maximum Gasteiger partial charge on any atom is 0.296 e. The SMILES string of the molecule is COc1cc(NN)c([N+](=O)[O-])cc1F. The van der Waals surface area contributed by atoms with Crippen molar-refractivity contribution >= 4 is 11.4 Å². The van der Waals surface area contributed by atoms with Gasteiger partial charge in [0.15, 0.2) is 11.6 Å². The summed E-state index contributed by atoms with van der Waals surface area (Å²) in [6.45, 7) is 0. The molecule has 0 aromatic heterocycles. The van der Waals surface area contributed by atoms with E-state index in [-0.39, 0.29) is 11.4 Å². The second kappa shape index (κ2) is 3.88. The van der Waals surface area contributed by atoms with Crippen LogP contribution in [-0.4, -0.2) is 12.0 Å². The number of rotatable bonds is 3. The van der Waals surface area contributed by atoms with Gasteiger partial charge >= 0.3 is 0 Å². The van der Waals surface area contributed by atoms with Crippen molar-refractivity contribution in [3.63, 3.8) is 0 Å². The van der Waals surface area contributed by atoms with Crippen LogP contribution in [0.3, 0.4) is 0 Å². The van der Waals surface area contributed by atoms with Crippen LogP contribution in [0.5, 0.6) is 5.75 Å². The van der Waals surface area contributed by atoms with Crippen molar-refractivity contribution < 1.29 is 14.1 Å². The van der Waals surface area contributed by atoms with Crippen molar-refractivity contribution in [2.75, 3.05) is 12.5 Å². The summed E-state index contributed by atoms with van der Waals surface area (Å²) >= 11 is 0. The third-order valence-electron chi connectivity index (χ3n) is 1.62. The number of nitrogens with zero attached hydrogens (tertiary/aromatic N) is 1. The summed E-state index contributed by atoms with van der Waals surface area (Å²) < 4.78 is 17.7. The Kier molecular flexibility index (Phi) is 2.82. The first kappa shape index (κ1) is 10.2. The minimum absolute atomic E-state index is 0.00625. The van der Waals surface area contributed by atoms with Gasteiger partial charge < -0.3 is 10.2 Å². The first-order chi connectivity index (χ1) is 6.60. The maximum atomic E-state index is 13.0. The van der Waals surface area contributed by atoms with Crippen molar-refractivity contribution in [1.82, 2.24) is 0 Å². The van der Waals surface area contributed by atoms with Crippen LogP contribution in [0, 0.1) is 15.9 Å². The van der Waals surface area contributed by atoms with Crippen LogP contribution >= 0.6 is 0 Å². The van der Waals surface area contributed by atoms with Crippen molar-refractivity contribution in [1.29, 1.82) is 0 Å². The fourth-order valence-corrected chi connectivity index (χ4v) is 0.966. The van der Waals surface area contributed by atoms with E-state index in [4.69, 9.17) is 5.84 Å². The molecule has 6 nitrogen and oxygen atoms in total. The van der Waals surface area contributed by atoms with Gasteiger partial charge in [-0.1, -0.05) is 0 Å². The number of benzene rings is 1. The molecule has 1 aromatic carbocycles. The number of nitrogen functional groups attached to an aromatic ring is 1. The van der Waals surface area contributed by atoms with Gasteiger partial charge in [-0.2, -0.15) is 0 Å². The summed E-state index contributed by atoms with van der Waals surface area (Å²) in [5.41, 5.74) is 1.65. The molecule has 0 saturated carbocycles. The average Bonchev–Trinajstić information content (AvgIpc) is 2.17. The van der Waals surface area contributed by atoms with Gasteiger partial charge in [-0.3, -0.25) is 16.0 Å². The molecule has 0 fully saturated rings. The molecule has 0 aliphatic carbocycles. The monoisotopic (exact) mass is 201 g/mol. The first-order valence-electron chi connectivity index (χ1n) is 3.58. The molecule has 0 heterocycles. The predicted molar refractivity (Wildman–Crippen MR) is 47.4 cm³/mol. The molecule has 0 unspecified atom stereocenters. The Hall–Kier alpha value is -1.89. The molecule has 3 N–H and O–H groups in total. The van der Waals surface area contributed by atoms with E-state index in [1.165, 1.54) is 7.11 Å². The van der Waals surface area contributed by atoms with E-state index in [1.807, 2.05) is 0 Å². The molecule has 0 aliphatic rings. The molecule has 0 aliphatic heterocycles. The van der Waals surface area contributed by atoms with Crippen LogP contribution in [0.15, 0.2) is 12.1 Å². The van der Waals surface area contributed by atoms with Crippen LogP contribution in [0.1, 0.15) is 0 Å². The lowest BCUT2D eigenvalue weighted by Gasteiger charge is -2.05. The van der Waals surface area contributed by atoms with Gasteiger partial charge in [0.2, 0.25) is 0 Å². The highest BCUT2D eigenvalue weighted by Crippen LogP contribution is 2.30. The number of ether oxygens (including phenoxy) is 1. The molecule has 76 valence electrons. The minimum Gasteiger partial charge on any atom is -0.494 e. The van der Waals surface area contributed by atoms with E-state index in [2.05, 4.69) is 10.2 Å². The number of hydrogen-bond donors (Lipinski definition) is 2. The fraction of sp³-hybridized carbons (Fsp3) is 0.143. The second-order valence-electron chi connectivity index (χ2n) is 2.41. The summed E-state index contributed by atoms with van der Waals surface area (Å²) in [4.78, 5) is 9.70. The van der Waals surface area contributed by atoms with Gasteiger partial charge in [0, 0.05) is 6.07 Å². The molecular weight excluding hydrogens is 193 g/mol. The highest BCUT2D eigenvalue weighted by molar-refractivity contribution is 5.63. The van der Waals surface area contributed by atoms with Gasteiger partial charge in [-0.05, 0) is 0 Å². The zero-order valence-corrected chi connectivity index (χ0v) is 7.28. The van der Waals surface area contributed by atoms with E-state index in [0.717, 1.165) is 12.1 Å². The third-order valence-corrected chi connectivity index (χ3v) is 1.62. The topological polar surface area (TPSA) is 90.4 Å². The number of hydrazine groups is 1. The summed E-state index contributed by atoms with van der Waals surface area (Å²) in [7, 11) is 1.25. The van der Waals surface area contributed by atoms with Gasteiger partial charge in [0.05, 0.1) is 18.1 Å². The Morgan fingerprint density at radius 1 is 1.64 bits per heavy atom. The van der Waals surface area contributed by atoms with Crippen LogP contribution in [0.25, 0.3) is 0 Å². The lowest BCUT2D eigenvalue weighted by Crippen LogP contribution is -2.09. The molecule has 14 heavy (non-hydrogen) atoms. The fourth-order valence-electron chi connectivity index (χ4n) is 0.966. The van der Waals surface area contributed by atoms with E-state index < -0.39 is 16.4 Å². The Labute approximate surface area is 78.6 Å². The van der Waals surface area contributed by atoms with Crippen molar-refractivity contribution in [2.45, 2.75) is 0 Å².